The molecule has 0 radical (unpaired) electrons. The third-order valence-corrected chi connectivity index (χ3v) is 9.11. The first kappa shape index (κ1) is 19.1. The first-order valence-electron chi connectivity index (χ1n) is 11.6. The lowest BCUT2D eigenvalue weighted by atomic mass is 9.47. The van der Waals surface area contributed by atoms with Crippen molar-refractivity contribution in [1.29, 1.82) is 0 Å². The Hall–Kier alpha value is -1.90. The highest BCUT2D eigenvalue weighted by atomic mass is 16.1. The number of carbonyl (C=O) groups is 1. The summed E-state index contributed by atoms with van der Waals surface area (Å²) < 4.78 is 0. The molecule has 1 aromatic heterocycles. The van der Waals surface area contributed by atoms with Crippen molar-refractivity contribution in [3.8, 4) is 0 Å². The van der Waals surface area contributed by atoms with Gasteiger partial charge >= 0.3 is 0 Å². The number of allylic oxidation sites excluding steroid dienone is 4. The molecule has 3 fully saturated rings. The molecule has 2 saturated carbocycles. The number of aromatic nitrogens is 1. The van der Waals surface area contributed by atoms with Crippen molar-refractivity contribution >= 4 is 11.5 Å². The third-order valence-electron chi connectivity index (χ3n) is 9.11. The summed E-state index contributed by atoms with van der Waals surface area (Å²) in [5, 5.41) is 3.15. The lowest BCUT2D eigenvalue weighted by Gasteiger charge is -2.56. The average Bonchev–Trinajstić information content (AvgIpc) is 2.98. The standard InChI is InChI=1S/C26H34N2O/c1-4-17-10-13-27-16-20(17)22-8-7-21-19-6-5-18-15-24(29)28-14-12-25(18,2)23(19)9-11-26(21,22)3/h7-8,10,13,16,18-19,23H,4-6,9,11-12,14-15H2,1-3H3,(H,28,29)/t18?,19-,23-,25-,26-/m0/s1. The summed E-state index contributed by atoms with van der Waals surface area (Å²) in [5.41, 5.74) is 6.35. The van der Waals surface area contributed by atoms with Crippen LogP contribution in [0.4, 0.5) is 0 Å². The van der Waals surface area contributed by atoms with Gasteiger partial charge in [0.2, 0.25) is 5.91 Å². The molecule has 154 valence electrons. The van der Waals surface area contributed by atoms with E-state index in [1.807, 2.05) is 6.20 Å². The summed E-state index contributed by atoms with van der Waals surface area (Å²) in [4.78, 5) is 16.7. The van der Waals surface area contributed by atoms with Crippen molar-refractivity contribution in [1.82, 2.24) is 10.3 Å². The van der Waals surface area contributed by atoms with Gasteiger partial charge in [0.15, 0.2) is 0 Å². The molecule has 1 unspecified atom stereocenters. The summed E-state index contributed by atoms with van der Waals surface area (Å²) in [6.07, 6.45) is 16.7. The van der Waals surface area contributed by atoms with Crippen LogP contribution in [-0.2, 0) is 11.2 Å². The monoisotopic (exact) mass is 390 g/mol. The number of hydrogen-bond donors (Lipinski definition) is 1. The van der Waals surface area contributed by atoms with Crippen molar-refractivity contribution in [2.24, 2.45) is 28.6 Å². The van der Waals surface area contributed by atoms with E-state index in [1.165, 1.54) is 42.4 Å². The van der Waals surface area contributed by atoms with Gasteiger partial charge in [-0.1, -0.05) is 38.5 Å². The second kappa shape index (κ2) is 6.82. The molecule has 5 atom stereocenters. The Kier molecular flexibility index (Phi) is 4.49. The highest BCUT2D eigenvalue weighted by molar-refractivity contribution is 5.80. The van der Waals surface area contributed by atoms with Crippen molar-refractivity contribution in [2.45, 2.75) is 65.7 Å². The minimum absolute atomic E-state index is 0.149. The Morgan fingerprint density at radius 2 is 2.03 bits per heavy atom. The number of nitrogens with one attached hydrogen (secondary N) is 1. The summed E-state index contributed by atoms with van der Waals surface area (Å²) in [6, 6.07) is 2.19. The zero-order chi connectivity index (χ0) is 20.2. The Balaban J connectivity index is 1.47. The number of rotatable bonds is 2. The van der Waals surface area contributed by atoms with Gasteiger partial charge < -0.3 is 5.32 Å². The van der Waals surface area contributed by atoms with E-state index in [2.05, 4.69) is 55.5 Å². The van der Waals surface area contributed by atoms with Crippen molar-refractivity contribution in [3.05, 3.63) is 47.3 Å². The fourth-order valence-electron chi connectivity index (χ4n) is 7.38. The first-order valence-corrected chi connectivity index (χ1v) is 11.6. The fraction of sp³-hybridized carbons (Fsp3) is 0.615. The van der Waals surface area contributed by atoms with Crippen LogP contribution in [0, 0.1) is 28.6 Å². The van der Waals surface area contributed by atoms with E-state index < -0.39 is 0 Å². The number of hydrogen-bond acceptors (Lipinski definition) is 2. The van der Waals surface area contributed by atoms with Gasteiger partial charge in [-0.2, -0.15) is 0 Å². The predicted octanol–water partition coefficient (Wildman–Crippen LogP) is 5.33. The Bertz CT molecular complexity index is 900. The molecule has 3 aliphatic carbocycles. The molecule has 0 spiro atoms. The van der Waals surface area contributed by atoms with Crippen LogP contribution in [0.1, 0.15) is 70.4 Å². The van der Waals surface area contributed by atoms with E-state index >= 15 is 0 Å². The Labute approximate surface area is 175 Å². The van der Waals surface area contributed by atoms with Crippen LogP contribution in [0.5, 0.6) is 0 Å². The van der Waals surface area contributed by atoms with Crippen LogP contribution >= 0.6 is 0 Å². The first-order chi connectivity index (χ1) is 14.0. The van der Waals surface area contributed by atoms with Crippen molar-refractivity contribution < 1.29 is 4.79 Å². The zero-order valence-corrected chi connectivity index (χ0v) is 18.1. The van der Waals surface area contributed by atoms with E-state index in [4.69, 9.17) is 0 Å². The number of fused-ring (bicyclic) bond motifs is 5. The van der Waals surface area contributed by atoms with Crippen LogP contribution < -0.4 is 5.32 Å². The maximum absolute atomic E-state index is 12.2. The Morgan fingerprint density at radius 3 is 2.86 bits per heavy atom. The van der Waals surface area contributed by atoms with Gasteiger partial charge in [-0.25, -0.2) is 0 Å². The van der Waals surface area contributed by atoms with Crippen LogP contribution in [0.25, 0.3) is 5.57 Å². The second-order valence-corrected chi connectivity index (χ2v) is 10.3. The van der Waals surface area contributed by atoms with E-state index in [0.29, 0.717) is 17.8 Å². The Morgan fingerprint density at radius 1 is 1.17 bits per heavy atom. The number of amides is 1. The van der Waals surface area contributed by atoms with Crippen LogP contribution in [0.15, 0.2) is 36.2 Å². The summed E-state index contributed by atoms with van der Waals surface area (Å²) in [7, 11) is 0. The maximum Gasteiger partial charge on any atom is 0.220 e. The van der Waals surface area contributed by atoms with Gasteiger partial charge in [0, 0.05) is 36.3 Å². The van der Waals surface area contributed by atoms with E-state index in [9.17, 15) is 4.79 Å². The molecule has 3 heteroatoms. The minimum Gasteiger partial charge on any atom is -0.356 e. The quantitative estimate of drug-likeness (QED) is 0.742. The van der Waals surface area contributed by atoms with Crippen molar-refractivity contribution in [2.75, 3.05) is 6.54 Å². The zero-order valence-electron chi connectivity index (χ0n) is 18.1. The SMILES string of the molecule is CCc1ccncc1C1=CC=C2[C@@H]3CCC4CC(=O)NCC[C@]4(C)[C@H]3CC[C@]12C. The van der Waals surface area contributed by atoms with Gasteiger partial charge in [0.1, 0.15) is 0 Å². The molecular weight excluding hydrogens is 356 g/mol. The lowest BCUT2D eigenvalue weighted by molar-refractivity contribution is -0.123. The number of aryl methyl sites for hydroxylation is 1. The molecule has 2 heterocycles. The third kappa shape index (κ3) is 2.76. The van der Waals surface area contributed by atoms with E-state index in [1.54, 1.807) is 5.57 Å². The summed E-state index contributed by atoms with van der Waals surface area (Å²) >= 11 is 0. The molecule has 5 rings (SSSR count). The summed E-state index contributed by atoms with van der Waals surface area (Å²) in [6.45, 7) is 8.07. The fourth-order valence-corrected chi connectivity index (χ4v) is 7.38. The smallest absolute Gasteiger partial charge is 0.220 e. The van der Waals surface area contributed by atoms with Crippen LogP contribution in [-0.4, -0.2) is 17.4 Å². The van der Waals surface area contributed by atoms with Gasteiger partial charge in [0.05, 0.1) is 0 Å². The second-order valence-electron chi connectivity index (χ2n) is 10.3. The molecule has 1 saturated heterocycles. The molecule has 1 aromatic rings. The van der Waals surface area contributed by atoms with E-state index in [0.717, 1.165) is 25.8 Å². The largest absolute Gasteiger partial charge is 0.356 e. The molecule has 29 heavy (non-hydrogen) atoms. The van der Waals surface area contributed by atoms with Crippen LogP contribution in [0.2, 0.25) is 0 Å². The highest BCUT2D eigenvalue weighted by Crippen LogP contribution is 2.65. The minimum atomic E-state index is 0.149. The molecule has 1 aliphatic heterocycles. The van der Waals surface area contributed by atoms with Gasteiger partial charge in [-0.3, -0.25) is 9.78 Å². The molecule has 4 aliphatic rings. The van der Waals surface area contributed by atoms with Crippen molar-refractivity contribution in [3.63, 3.8) is 0 Å². The van der Waals surface area contributed by atoms with Crippen LogP contribution in [0.3, 0.4) is 0 Å². The van der Waals surface area contributed by atoms with Gasteiger partial charge in [-0.15, -0.1) is 0 Å². The maximum atomic E-state index is 12.2. The average molecular weight is 391 g/mol. The highest BCUT2D eigenvalue weighted by Gasteiger charge is 2.55. The molecule has 1 amide bonds. The molecule has 0 aromatic carbocycles. The van der Waals surface area contributed by atoms with Gasteiger partial charge in [-0.05, 0) is 78.9 Å². The van der Waals surface area contributed by atoms with Gasteiger partial charge in [0.25, 0.3) is 0 Å². The molecule has 1 N–H and O–H groups in total. The molecule has 3 nitrogen and oxygen atoms in total. The topological polar surface area (TPSA) is 42.0 Å². The molecule has 0 bridgehead atoms. The summed E-state index contributed by atoms with van der Waals surface area (Å²) in [5.74, 6) is 2.19. The predicted molar refractivity (Wildman–Crippen MR) is 117 cm³/mol. The lowest BCUT2D eigenvalue weighted by Crippen LogP contribution is -2.48. The normalized spacial score (nSPS) is 38.7. The number of carbonyl (C=O) groups excluding carboxylic acids is 1. The van der Waals surface area contributed by atoms with E-state index in [-0.39, 0.29) is 16.7 Å². The number of nitrogens with zero attached hydrogens (tertiary/aromatic N) is 1. The number of pyridine rings is 1. The molecular formula is C26H34N2O.